The van der Waals surface area contributed by atoms with Gasteiger partial charge < -0.3 is 20.8 Å². The number of anilines is 1. The number of phenols is 1. The summed E-state index contributed by atoms with van der Waals surface area (Å²) < 4.78 is 45.4. The number of carbonyl (C=O) groups excluding carboxylic acids is 5. The number of nitrogens with zero attached hydrogens (tertiary/aromatic N) is 2. The number of alkyl halides is 3. The summed E-state index contributed by atoms with van der Waals surface area (Å²) >= 11 is 0. The number of nitrogens with two attached hydrogens (primary N) is 1. The molecule has 2 aromatic carbocycles. The molecule has 4 N–H and O–H groups in total. The molecule has 0 radical (unpaired) electrons. The van der Waals surface area contributed by atoms with Gasteiger partial charge in [-0.3, -0.25) is 28.9 Å². The predicted molar refractivity (Wildman–Crippen MR) is 157 cm³/mol. The number of benzene rings is 2. The summed E-state index contributed by atoms with van der Waals surface area (Å²) in [7, 11) is 2.87. The molecule has 4 aliphatic rings. The average molecular weight is 642 g/mol. The first kappa shape index (κ1) is 31.9. The van der Waals surface area contributed by atoms with Crippen LogP contribution in [-0.4, -0.2) is 76.4 Å². The lowest BCUT2D eigenvalue weighted by Gasteiger charge is -2.52. The summed E-state index contributed by atoms with van der Waals surface area (Å²) in [5.74, 6) is -13.4. The Bertz CT molecular complexity index is 1660. The number of para-hydroxylation sites is 1. The SMILES string of the molecule is CN(C)C1C(=O)C(C(N)=O)C(=O)C2(O)C(=O)C3C(=O)c4c(O)cc(C5CCCCN5c5ccccc5)c(C(F)(F)F)c4CC3CC12. The summed E-state index contributed by atoms with van der Waals surface area (Å²) in [5.41, 5.74) is 0.713. The third kappa shape index (κ3) is 4.57. The summed E-state index contributed by atoms with van der Waals surface area (Å²) in [6, 6.07) is 7.77. The average Bonchev–Trinajstić information content (AvgIpc) is 2.98. The number of primary amides is 1. The number of ketones is 4. The number of hydrogen-bond donors (Lipinski definition) is 3. The summed E-state index contributed by atoms with van der Waals surface area (Å²) in [6.07, 6.45) is -4.01. The molecule has 244 valence electrons. The fraction of sp³-hybridized carbons (Fsp3) is 0.485. The number of halogens is 3. The van der Waals surface area contributed by atoms with E-state index in [2.05, 4.69) is 0 Å². The number of aliphatic hydroxyl groups is 1. The third-order valence-electron chi connectivity index (χ3n) is 10.3. The molecule has 6 rings (SSSR count). The van der Waals surface area contributed by atoms with Crippen LogP contribution in [0.3, 0.4) is 0 Å². The Balaban J connectivity index is 1.51. The van der Waals surface area contributed by atoms with E-state index in [9.17, 15) is 34.2 Å². The van der Waals surface area contributed by atoms with Gasteiger partial charge >= 0.3 is 6.18 Å². The highest BCUT2D eigenvalue weighted by atomic mass is 19.4. The zero-order valence-corrected chi connectivity index (χ0v) is 25.2. The quantitative estimate of drug-likeness (QED) is 0.427. The Morgan fingerprint density at radius 3 is 2.35 bits per heavy atom. The number of Topliss-reactive ketones (excluding diaryl/α,β-unsaturated/α-hetero) is 4. The van der Waals surface area contributed by atoms with Gasteiger partial charge in [0.05, 0.1) is 29.1 Å². The van der Waals surface area contributed by atoms with Gasteiger partial charge in [-0.05, 0) is 81.4 Å². The predicted octanol–water partition coefficient (Wildman–Crippen LogP) is 2.62. The molecule has 1 heterocycles. The monoisotopic (exact) mass is 641 g/mol. The van der Waals surface area contributed by atoms with Crippen molar-refractivity contribution < 1.29 is 47.4 Å². The smallest absolute Gasteiger partial charge is 0.417 e. The maximum atomic E-state index is 15.1. The van der Waals surface area contributed by atoms with Gasteiger partial charge in [0.15, 0.2) is 34.7 Å². The molecule has 2 saturated carbocycles. The molecule has 0 spiro atoms. The van der Waals surface area contributed by atoms with E-state index in [1.165, 1.54) is 19.0 Å². The van der Waals surface area contributed by atoms with E-state index in [-0.39, 0.29) is 12.0 Å². The first-order valence-electron chi connectivity index (χ1n) is 15.2. The Kier molecular flexibility index (Phi) is 7.63. The molecule has 13 heteroatoms. The number of likely N-dealkylation sites (N-methyl/N-ethyl adjacent to an activating group) is 1. The van der Waals surface area contributed by atoms with Crippen LogP contribution in [0.4, 0.5) is 18.9 Å². The van der Waals surface area contributed by atoms with Crippen molar-refractivity contribution >= 4 is 34.7 Å². The van der Waals surface area contributed by atoms with E-state index in [0.29, 0.717) is 25.1 Å². The topological polar surface area (TPSA) is 158 Å². The Morgan fingerprint density at radius 1 is 1.07 bits per heavy atom. The molecule has 3 aliphatic carbocycles. The van der Waals surface area contributed by atoms with E-state index in [1.54, 1.807) is 30.3 Å². The van der Waals surface area contributed by atoms with Gasteiger partial charge in [0.1, 0.15) is 5.75 Å². The van der Waals surface area contributed by atoms with Gasteiger partial charge in [0.2, 0.25) is 5.91 Å². The van der Waals surface area contributed by atoms with E-state index in [4.69, 9.17) is 5.73 Å². The molecule has 1 amide bonds. The van der Waals surface area contributed by atoms with Gasteiger partial charge in [-0.15, -0.1) is 0 Å². The van der Waals surface area contributed by atoms with Crippen LogP contribution in [0.1, 0.15) is 58.8 Å². The number of piperidine rings is 1. The molecule has 0 aromatic heterocycles. The Hall–Kier alpha value is -4.10. The molecule has 7 atom stereocenters. The van der Waals surface area contributed by atoms with E-state index < -0.39 is 105 Å². The number of carbonyl (C=O) groups is 5. The minimum absolute atomic E-state index is 0.185. The number of rotatable bonds is 4. The van der Waals surface area contributed by atoms with E-state index in [1.807, 2.05) is 4.90 Å². The summed E-state index contributed by atoms with van der Waals surface area (Å²) in [5, 5.41) is 22.9. The number of hydrogen-bond acceptors (Lipinski definition) is 9. The van der Waals surface area contributed by atoms with Crippen LogP contribution in [0.25, 0.3) is 0 Å². The van der Waals surface area contributed by atoms with Gasteiger partial charge in [-0.2, -0.15) is 13.2 Å². The standard InChI is InChI=1S/C33H34F3N3O7/c1-38(2)26-19-13-15-12-18-23(27(41)22(15)29(43)32(19,46)30(44)24(28(26)42)31(37)45)21(40)14-17(25(18)33(34,35)36)20-10-6-7-11-39(20)16-8-4-3-5-9-16/h3-5,8-9,14-15,19-20,22,24,26,40,46H,6-7,10-13H2,1-2H3,(H2,37,45). The van der Waals surface area contributed by atoms with Gasteiger partial charge in [-0.1, -0.05) is 18.2 Å². The highest BCUT2D eigenvalue weighted by Crippen LogP contribution is 2.54. The molecular formula is C33H34F3N3O7. The number of aromatic hydroxyl groups is 1. The fourth-order valence-electron chi connectivity index (χ4n) is 8.49. The van der Waals surface area contributed by atoms with Crippen molar-refractivity contribution in [2.45, 2.75) is 56.0 Å². The first-order valence-corrected chi connectivity index (χ1v) is 15.2. The fourth-order valence-corrected chi connectivity index (χ4v) is 8.49. The second-order valence-corrected chi connectivity index (χ2v) is 13.0. The van der Waals surface area contributed by atoms with Crippen molar-refractivity contribution in [2.24, 2.45) is 29.4 Å². The summed E-state index contributed by atoms with van der Waals surface area (Å²) in [6.45, 7) is 0.475. The maximum absolute atomic E-state index is 15.1. The molecule has 10 nitrogen and oxygen atoms in total. The normalized spacial score (nSPS) is 31.4. The largest absolute Gasteiger partial charge is 0.507 e. The highest BCUT2D eigenvalue weighted by molar-refractivity contribution is 6.32. The Labute approximate surface area is 262 Å². The van der Waals surface area contributed by atoms with Crippen LogP contribution in [0.2, 0.25) is 0 Å². The second kappa shape index (κ2) is 11.0. The van der Waals surface area contributed by atoms with E-state index in [0.717, 1.165) is 12.5 Å². The third-order valence-corrected chi connectivity index (χ3v) is 10.3. The first-order chi connectivity index (χ1) is 21.6. The molecular weight excluding hydrogens is 607 g/mol. The lowest BCUT2D eigenvalue weighted by atomic mass is 9.52. The van der Waals surface area contributed by atoms with Crippen molar-refractivity contribution in [3.63, 3.8) is 0 Å². The van der Waals surface area contributed by atoms with Gasteiger partial charge in [0, 0.05) is 18.2 Å². The van der Waals surface area contributed by atoms with Crippen molar-refractivity contribution in [1.82, 2.24) is 4.90 Å². The molecule has 7 unspecified atom stereocenters. The molecule has 46 heavy (non-hydrogen) atoms. The minimum Gasteiger partial charge on any atom is -0.507 e. The highest BCUT2D eigenvalue weighted by Gasteiger charge is 2.69. The lowest BCUT2D eigenvalue weighted by molar-refractivity contribution is -0.181. The number of phenolic OH excluding ortho intramolecular Hbond substituents is 1. The van der Waals surface area contributed by atoms with Gasteiger partial charge in [0.25, 0.3) is 0 Å². The number of fused-ring (bicyclic) bond motifs is 3. The molecule has 1 saturated heterocycles. The molecule has 3 fully saturated rings. The van der Waals surface area contributed by atoms with Crippen molar-refractivity contribution in [2.75, 3.05) is 25.5 Å². The molecule has 0 bridgehead atoms. The van der Waals surface area contributed by atoms with Crippen molar-refractivity contribution in [3.05, 3.63) is 58.7 Å². The molecule has 1 aliphatic heterocycles. The van der Waals surface area contributed by atoms with Crippen LogP contribution >= 0.6 is 0 Å². The van der Waals surface area contributed by atoms with Gasteiger partial charge in [-0.25, -0.2) is 0 Å². The van der Waals surface area contributed by atoms with Crippen LogP contribution in [0.15, 0.2) is 36.4 Å². The molecule has 2 aromatic rings. The van der Waals surface area contributed by atoms with E-state index >= 15 is 13.2 Å². The van der Waals surface area contributed by atoms with Crippen molar-refractivity contribution in [3.8, 4) is 5.75 Å². The van der Waals surface area contributed by atoms with Crippen LogP contribution < -0.4 is 10.6 Å². The maximum Gasteiger partial charge on any atom is 0.417 e. The zero-order valence-electron chi connectivity index (χ0n) is 25.2. The van der Waals surface area contributed by atoms with Crippen LogP contribution in [0.5, 0.6) is 5.75 Å². The van der Waals surface area contributed by atoms with Crippen LogP contribution in [0, 0.1) is 23.7 Å². The number of amides is 1. The second-order valence-electron chi connectivity index (χ2n) is 13.0. The summed E-state index contributed by atoms with van der Waals surface area (Å²) in [4.78, 5) is 70.1. The van der Waals surface area contributed by atoms with Crippen molar-refractivity contribution in [1.29, 1.82) is 0 Å². The zero-order chi connectivity index (χ0) is 33.5. The Morgan fingerprint density at radius 2 is 1.74 bits per heavy atom. The lowest BCUT2D eigenvalue weighted by Crippen LogP contribution is -2.74. The van der Waals surface area contributed by atoms with Crippen LogP contribution in [-0.2, 0) is 31.8 Å². The minimum atomic E-state index is -4.95.